The number of methoxy groups -OCH3 is 1. The van der Waals surface area contributed by atoms with Crippen LogP contribution in [0.4, 0.5) is 0 Å². The number of benzene rings is 1. The Morgan fingerprint density at radius 1 is 1.45 bits per heavy atom. The molecule has 120 valence electrons. The highest BCUT2D eigenvalue weighted by Gasteiger charge is 2.20. The Morgan fingerprint density at radius 3 is 3.00 bits per heavy atom. The van der Waals surface area contributed by atoms with Crippen LogP contribution in [0.25, 0.3) is 5.57 Å². The molecular weight excluding hydrogens is 278 g/mol. The molecular formula is C18H25NO3. The third-order valence-electron chi connectivity index (χ3n) is 4.19. The lowest BCUT2D eigenvalue weighted by Gasteiger charge is -2.25. The molecule has 1 saturated carbocycles. The van der Waals surface area contributed by atoms with E-state index in [0.29, 0.717) is 12.5 Å². The van der Waals surface area contributed by atoms with Gasteiger partial charge < -0.3 is 15.2 Å². The minimum absolute atomic E-state index is 0.0830. The maximum absolute atomic E-state index is 12.0. The van der Waals surface area contributed by atoms with E-state index in [4.69, 9.17) is 4.74 Å². The predicted molar refractivity (Wildman–Crippen MR) is 87.6 cm³/mol. The van der Waals surface area contributed by atoms with Gasteiger partial charge in [0.25, 0.3) is 0 Å². The maximum atomic E-state index is 12.0. The summed E-state index contributed by atoms with van der Waals surface area (Å²) in [6.45, 7) is 2.55. The van der Waals surface area contributed by atoms with Crippen LogP contribution in [-0.4, -0.2) is 30.8 Å². The predicted octanol–water partition coefficient (Wildman–Crippen LogP) is 2.77. The van der Waals surface area contributed by atoms with E-state index in [1.54, 1.807) is 13.2 Å². The number of nitrogens with one attached hydrogen (secondary N) is 1. The van der Waals surface area contributed by atoms with Crippen molar-refractivity contribution in [2.24, 2.45) is 5.92 Å². The van der Waals surface area contributed by atoms with Crippen LogP contribution in [0.5, 0.6) is 5.75 Å². The molecule has 4 heteroatoms. The Balaban J connectivity index is 1.89. The summed E-state index contributed by atoms with van der Waals surface area (Å²) in [7, 11) is 1.63. The zero-order valence-electron chi connectivity index (χ0n) is 13.3. The molecule has 1 aliphatic carbocycles. The Labute approximate surface area is 132 Å². The van der Waals surface area contributed by atoms with Crippen molar-refractivity contribution in [2.75, 3.05) is 13.7 Å². The van der Waals surface area contributed by atoms with E-state index in [-0.39, 0.29) is 12.0 Å². The highest BCUT2D eigenvalue weighted by Crippen LogP contribution is 2.23. The number of carbonyl (C=O) groups is 1. The molecule has 0 saturated heterocycles. The third kappa shape index (κ3) is 4.88. The standard InChI is InChI=1S/C18H25NO3/c1-13(15-6-4-8-17(11-15)22-2)9-18(21)19-12-14-5-3-7-16(20)10-14/h4,6,8-9,11,14,16,20H,3,5,7,10,12H2,1-2H3,(H,19,21)/b13-9+. The summed E-state index contributed by atoms with van der Waals surface area (Å²) < 4.78 is 5.20. The number of hydrogen-bond acceptors (Lipinski definition) is 3. The lowest BCUT2D eigenvalue weighted by Crippen LogP contribution is -2.32. The number of allylic oxidation sites excluding steroid dienone is 1. The second kappa shape index (κ2) is 7.99. The van der Waals surface area contributed by atoms with Gasteiger partial charge in [0.1, 0.15) is 5.75 Å². The van der Waals surface area contributed by atoms with Gasteiger partial charge in [0.15, 0.2) is 0 Å². The monoisotopic (exact) mass is 303 g/mol. The summed E-state index contributed by atoms with van der Waals surface area (Å²) in [4.78, 5) is 12.0. The molecule has 2 rings (SSSR count). The zero-order valence-corrected chi connectivity index (χ0v) is 13.3. The summed E-state index contributed by atoms with van der Waals surface area (Å²) in [5.41, 5.74) is 1.88. The van der Waals surface area contributed by atoms with Gasteiger partial charge in [-0.3, -0.25) is 4.79 Å². The molecule has 0 bridgehead atoms. The minimum atomic E-state index is -0.204. The fourth-order valence-electron chi connectivity index (χ4n) is 2.89. The first-order valence-electron chi connectivity index (χ1n) is 7.87. The SMILES string of the molecule is COc1cccc(/C(C)=C/C(=O)NCC2CCCC(O)C2)c1. The Hall–Kier alpha value is -1.81. The molecule has 2 atom stereocenters. The van der Waals surface area contributed by atoms with Crippen LogP contribution in [0.15, 0.2) is 30.3 Å². The molecule has 0 spiro atoms. The van der Waals surface area contributed by atoms with Crippen molar-refractivity contribution in [3.8, 4) is 5.75 Å². The van der Waals surface area contributed by atoms with Crippen LogP contribution in [0.3, 0.4) is 0 Å². The van der Waals surface area contributed by atoms with Crippen LogP contribution >= 0.6 is 0 Å². The summed E-state index contributed by atoms with van der Waals surface area (Å²) in [6.07, 6.45) is 5.22. The number of ether oxygens (including phenoxy) is 1. The summed E-state index contributed by atoms with van der Waals surface area (Å²) >= 11 is 0. The lowest BCUT2D eigenvalue weighted by molar-refractivity contribution is -0.116. The first kappa shape index (κ1) is 16.6. The second-order valence-electron chi connectivity index (χ2n) is 5.99. The normalized spacial score (nSPS) is 22.2. The molecule has 2 N–H and O–H groups in total. The third-order valence-corrected chi connectivity index (χ3v) is 4.19. The van der Waals surface area contributed by atoms with Gasteiger partial charge in [0.2, 0.25) is 5.91 Å². The van der Waals surface area contributed by atoms with Gasteiger partial charge in [-0.15, -0.1) is 0 Å². The van der Waals surface area contributed by atoms with Crippen molar-refractivity contribution >= 4 is 11.5 Å². The molecule has 0 aliphatic heterocycles. The largest absolute Gasteiger partial charge is 0.497 e. The van der Waals surface area contributed by atoms with Crippen LogP contribution < -0.4 is 10.1 Å². The van der Waals surface area contributed by atoms with Crippen LogP contribution in [0.2, 0.25) is 0 Å². The van der Waals surface area contributed by atoms with Gasteiger partial charge >= 0.3 is 0 Å². The van der Waals surface area contributed by atoms with E-state index in [1.165, 1.54) is 0 Å². The van der Waals surface area contributed by atoms with E-state index < -0.39 is 0 Å². The molecule has 1 aromatic carbocycles. The minimum Gasteiger partial charge on any atom is -0.497 e. The van der Waals surface area contributed by atoms with Crippen LogP contribution in [0, 0.1) is 5.92 Å². The van der Waals surface area contributed by atoms with Gasteiger partial charge in [0, 0.05) is 12.6 Å². The average molecular weight is 303 g/mol. The average Bonchev–Trinajstić information content (AvgIpc) is 2.53. The molecule has 1 amide bonds. The fraction of sp³-hybridized carbons (Fsp3) is 0.500. The highest BCUT2D eigenvalue weighted by atomic mass is 16.5. The molecule has 1 fully saturated rings. The first-order chi connectivity index (χ1) is 10.6. The van der Waals surface area contributed by atoms with Crippen LogP contribution in [0.1, 0.15) is 38.2 Å². The van der Waals surface area contributed by atoms with Crippen molar-refractivity contribution in [1.82, 2.24) is 5.32 Å². The smallest absolute Gasteiger partial charge is 0.244 e. The maximum Gasteiger partial charge on any atom is 0.244 e. The molecule has 1 aliphatic rings. The summed E-state index contributed by atoms with van der Waals surface area (Å²) in [6, 6.07) is 7.66. The van der Waals surface area contributed by atoms with Gasteiger partial charge in [-0.2, -0.15) is 0 Å². The Kier molecular flexibility index (Phi) is 6.01. The fourth-order valence-corrected chi connectivity index (χ4v) is 2.89. The van der Waals surface area contributed by atoms with Crippen molar-refractivity contribution < 1.29 is 14.6 Å². The molecule has 0 radical (unpaired) electrons. The molecule has 4 nitrogen and oxygen atoms in total. The highest BCUT2D eigenvalue weighted by molar-refractivity contribution is 5.94. The Bertz CT molecular complexity index is 539. The van der Waals surface area contributed by atoms with E-state index >= 15 is 0 Å². The number of aliphatic hydroxyl groups is 1. The second-order valence-corrected chi connectivity index (χ2v) is 5.99. The van der Waals surface area contributed by atoms with E-state index in [2.05, 4.69) is 5.32 Å². The van der Waals surface area contributed by atoms with Crippen molar-refractivity contribution in [3.63, 3.8) is 0 Å². The molecule has 2 unspecified atom stereocenters. The summed E-state index contributed by atoms with van der Waals surface area (Å²) in [5.74, 6) is 1.08. The topological polar surface area (TPSA) is 58.6 Å². The number of aliphatic hydroxyl groups excluding tert-OH is 1. The van der Waals surface area contributed by atoms with E-state index in [1.807, 2.05) is 31.2 Å². The molecule has 1 aromatic rings. The molecule has 0 heterocycles. The first-order valence-corrected chi connectivity index (χ1v) is 7.87. The number of carbonyl (C=O) groups excluding carboxylic acids is 1. The van der Waals surface area contributed by atoms with Gasteiger partial charge in [-0.05, 0) is 55.4 Å². The van der Waals surface area contributed by atoms with Gasteiger partial charge in [-0.1, -0.05) is 18.6 Å². The van der Waals surface area contributed by atoms with Crippen molar-refractivity contribution in [1.29, 1.82) is 0 Å². The van der Waals surface area contributed by atoms with Crippen molar-refractivity contribution in [3.05, 3.63) is 35.9 Å². The Morgan fingerprint density at radius 2 is 2.27 bits per heavy atom. The van der Waals surface area contributed by atoms with Gasteiger partial charge in [-0.25, -0.2) is 0 Å². The number of hydrogen-bond donors (Lipinski definition) is 2. The summed E-state index contributed by atoms with van der Waals surface area (Å²) in [5, 5.41) is 12.6. The molecule has 22 heavy (non-hydrogen) atoms. The number of rotatable bonds is 5. The van der Waals surface area contributed by atoms with E-state index in [9.17, 15) is 9.90 Å². The quantitative estimate of drug-likeness (QED) is 0.822. The van der Waals surface area contributed by atoms with Crippen molar-refractivity contribution in [2.45, 2.75) is 38.7 Å². The van der Waals surface area contributed by atoms with Gasteiger partial charge in [0.05, 0.1) is 13.2 Å². The van der Waals surface area contributed by atoms with E-state index in [0.717, 1.165) is 42.6 Å². The molecule has 0 aromatic heterocycles. The zero-order chi connectivity index (χ0) is 15.9. The lowest BCUT2D eigenvalue weighted by atomic mass is 9.87. The number of amides is 1. The van der Waals surface area contributed by atoms with Crippen LogP contribution in [-0.2, 0) is 4.79 Å².